The molecule has 0 unspecified atom stereocenters. The summed E-state index contributed by atoms with van der Waals surface area (Å²) in [6, 6.07) is 7.26. The van der Waals surface area contributed by atoms with Gasteiger partial charge in [0, 0.05) is 24.7 Å². The van der Waals surface area contributed by atoms with Crippen LogP contribution in [0.5, 0.6) is 5.75 Å². The highest BCUT2D eigenvalue weighted by molar-refractivity contribution is 5.61. The van der Waals surface area contributed by atoms with Crippen LogP contribution in [0.1, 0.15) is 31.7 Å². The number of nitrogens with zero attached hydrogens (tertiary/aromatic N) is 1. The van der Waals surface area contributed by atoms with Crippen molar-refractivity contribution in [2.45, 2.75) is 38.8 Å². The molecule has 3 nitrogen and oxygen atoms in total. The number of nitrogens with one attached hydrogen (secondary N) is 1. The molecular formula is C15H22N2O. The first-order valence-electron chi connectivity index (χ1n) is 7.11. The number of hydrogen-bond acceptors (Lipinski definition) is 3. The minimum atomic E-state index is 0.779. The zero-order valence-electron chi connectivity index (χ0n) is 11.1. The molecule has 0 bridgehead atoms. The second-order valence-electron chi connectivity index (χ2n) is 5.27. The van der Waals surface area contributed by atoms with Gasteiger partial charge in [-0.2, -0.15) is 0 Å². The maximum Gasteiger partial charge on any atom is 0.146 e. The number of para-hydroxylation sites is 1. The van der Waals surface area contributed by atoms with Gasteiger partial charge < -0.3 is 10.1 Å². The summed E-state index contributed by atoms with van der Waals surface area (Å²) in [5, 5.41) is 3.41. The summed E-state index contributed by atoms with van der Waals surface area (Å²) in [6.07, 6.45) is 3.97. The van der Waals surface area contributed by atoms with E-state index in [1.54, 1.807) is 0 Å². The van der Waals surface area contributed by atoms with E-state index in [2.05, 4.69) is 35.3 Å². The van der Waals surface area contributed by atoms with E-state index in [1.807, 2.05) is 0 Å². The molecule has 0 radical (unpaired) electrons. The number of anilines is 1. The lowest BCUT2D eigenvalue weighted by Gasteiger charge is -2.26. The first kappa shape index (κ1) is 11.8. The Labute approximate surface area is 109 Å². The molecule has 0 amide bonds. The van der Waals surface area contributed by atoms with Crippen molar-refractivity contribution >= 4 is 5.69 Å². The lowest BCUT2D eigenvalue weighted by atomic mass is 10.1. The maximum absolute atomic E-state index is 5.84. The molecule has 0 atom stereocenters. The second kappa shape index (κ2) is 5.19. The van der Waals surface area contributed by atoms with Crippen molar-refractivity contribution in [1.29, 1.82) is 0 Å². The van der Waals surface area contributed by atoms with Crippen LogP contribution >= 0.6 is 0 Å². The topological polar surface area (TPSA) is 24.5 Å². The largest absolute Gasteiger partial charge is 0.489 e. The quantitative estimate of drug-likeness (QED) is 0.864. The van der Waals surface area contributed by atoms with E-state index < -0.39 is 0 Å². The Hall–Kier alpha value is -1.22. The molecular weight excluding hydrogens is 224 g/mol. The van der Waals surface area contributed by atoms with E-state index in [9.17, 15) is 0 Å². The fourth-order valence-corrected chi connectivity index (χ4v) is 2.69. The van der Waals surface area contributed by atoms with E-state index in [1.165, 1.54) is 31.4 Å². The molecule has 0 aromatic heterocycles. The number of hydrogen-bond donors (Lipinski definition) is 1. The van der Waals surface area contributed by atoms with Crippen molar-refractivity contribution in [3.05, 3.63) is 23.8 Å². The van der Waals surface area contributed by atoms with Gasteiger partial charge in [0.05, 0.1) is 5.69 Å². The maximum atomic E-state index is 5.84. The fourth-order valence-electron chi connectivity index (χ4n) is 2.69. The molecule has 1 aromatic rings. The van der Waals surface area contributed by atoms with Crippen LogP contribution in [0.2, 0.25) is 0 Å². The molecule has 3 rings (SSSR count). The summed E-state index contributed by atoms with van der Waals surface area (Å²) in [6.45, 7) is 6.18. The van der Waals surface area contributed by atoms with Gasteiger partial charge in [0.25, 0.3) is 0 Å². The third kappa shape index (κ3) is 2.46. The summed E-state index contributed by atoms with van der Waals surface area (Å²) < 4.78 is 5.84. The van der Waals surface area contributed by atoms with E-state index in [0.29, 0.717) is 0 Å². The normalized spacial score (nSPS) is 18.1. The van der Waals surface area contributed by atoms with Crippen LogP contribution in [0.3, 0.4) is 0 Å². The molecule has 1 heterocycles. The molecule has 1 aliphatic carbocycles. The lowest BCUT2D eigenvalue weighted by Crippen LogP contribution is -2.27. The van der Waals surface area contributed by atoms with Crippen LogP contribution in [0.25, 0.3) is 0 Å². The predicted molar refractivity (Wildman–Crippen MR) is 74.1 cm³/mol. The Kier molecular flexibility index (Phi) is 3.41. The number of fused-ring (bicyclic) bond motifs is 1. The smallest absolute Gasteiger partial charge is 0.146 e. The van der Waals surface area contributed by atoms with Crippen LogP contribution < -0.4 is 10.1 Å². The Morgan fingerprint density at radius 3 is 3.06 bits per heavy atom. The van der Waals surface area contributed by atoms with Gasteiger partial charge in [-0.3, -0.25) is 4.90 Å². The SMILES string of the molecule is CCCN(Cc1cccc2c1OCCN2)C1CC1. The second-order valence-corrected chi connectivity index (χ2v) is 5.27. The zero-order chi connectivity index (χ0) is 12.4. The van der Waals surface area contributed by atoms with Crippen LogP contribution in [-0.2, 0) is 6.54 Å². The molecule has 2 aliphatic rings. The zero-order valence-corrected chi connectivity index (χ0v) is 11.1. The Morgan fingerprint density at radius 2 is 2.28 bits per heavy atom. The molecule has 1 saturated carbocycles. The van der Waals surface area contributed by atoms with E-state index in [4.69, 9.17) is 4.74 Å². The van der Waals surface area contributed by atoms with E-state index >= 15 is 0 Å². The Bertz CT molecular complexity index is 415. The minimum Gasteiger partial charge on any atom is -0.489 e. The van der Waals surface area contributed by atoms with Gasteiger partial charge in [-0.25, -0.2) is 0 Å². The first-order valence-corrected chi connectivity index (χ1v) is 7.11. The first-order chi connectivity index (χ1) is 8.88. The number of rotatable bonds is 5. The molecule has 1 aliphatic heterocycles. The third-order valence-corrected chi connectivity index (χ3v) is 3.71. The van der Waals surface area contributed by atoms with Crippen LogP contribution in [0.4, 0.5) is 5.69 Å². The van der Waals surface area contributed by atoms with Crippen molar-refractivity contribution < 1.29 is 4.74 Å². The summed E-state index contributed by atoms with van der Waals surface area (Å²) >= 11 is 0. The van der Waals surface area contributed by atoms with Crippen molar-refractivity contribution in [2.24, 2.45) is 0 Å². The lowest BCUT2D eigenvalue weighted by molar-refractivity contribution is 0.246. The summed E-state index contributed by atoms with van der Waals surface area (Å²) in [5.41, 5.74) is 2.49. The van der Waals surface area contributed by atoms with Gasteiger partial charge in [0.2, 0.25) is 0 Å². The van der Waals surface area contributed by atoms with Gasteiger partial charge in [0.1, 0.15) is 12.4 Å². The van der Waals surface area contributed by atoms with Gasteiger partial charge in [-0.1, -0.05) is 19.1 Å². The number of benzene rings is 1. The molecule has 1 N–H and O–H groups in total. The van der Waals surface area contributed by atoms with Crippen LogP contribution in [0, 0.1) is 0 Å². The van der Waals surface area contributed by atoms with E-state index in [0.717, 1.165) is 37.2 Å². The summed E-state index contributed by atoms with van der Waals surface area (Å²) in [4.78, 5) is 2.60. The highest BCUT2D eigenvalue weighted by Gasteiger charge is 2.29. The van der Waals surface area contributed by atoms with Crippen molar-refractivity contribution in [2.75, 3.05) is 25.0 Å². The average Bonchev–Trinajstić information content (AvgIpc) is 3.23. The highest BCUT2D eigenvalue weighted by atomic mass is 16.5. The molecule has 0 spiro atoms. The van der Waals surface area contributed by atoms with Gasteiger partial charge in [0.15, 0.2) is 0 Å². The summed E-state index contributed by atoms with van der Waals surface area (Å²) in [7, 11) is 0. The van der Waals surface area contributed by atoms with Crippen LogP contribution in [-0.4, -0.2) is 30.6 Å². The van der Waals surface area contributed by atoms with Crippen molar-refractivity contribution in [3.8, 4) is 5.75 Å². The predicted octanol–water partition coefficient (Wildman–Crippen LogP) is 2.87. The van der Waals surface area contributed by atoms with Crippen LogP contribution in [0.15, 0.2) is 18.2 Å². The molecule has 98 valence electrons. The molecule has 1 fully saturated rings. The standard InChI is InChI=1S/C15H22N2O/c1-2-9-17(13-6-7-13)11-12-4-3-5-14-15(12)18-10-8-16-14/h3-5,13,16H,2,6-11H2,1H3. The van der Waals surface area contributed by atoms with E-state index in [-0.39, 0.29) is 0 Å². The third-order valence-electron chi connectivity index (χ3n) is 3.71. The Morgan fingerprint density at radius 1 is 1.39 bits per heavy atom. The average molecular weight is 246 g/mol. The Balaban J connectivity index is 1.78. The summed E-state index contributed by atoms with van der Waals surface area (Å²) in [5.74, 6) is 1.07. The van der Waals surface area contributed by atoms with Gasteiger partial charge in [-0.15, -0.1) is 0 Å². The van der Waals surface area contributed by atoms with Crippen molar-refractivity contribution in [3.63, 3.8) is 0 Å². The van der Waals surface area contributed by atoms with Crippen molar-refractivity contribution in [1.82, 2.24) is 4.90 Å². The minimum absolute atomic E-state index is 0.779. The molecule has 18 heavy (non-hydrogen) atoms. The van der Waals surface area contributed by atoms with Gasteiger partial charge >= 0.3 is 0 Å². The molecule has 1 aromatic carbocycles. The monoisotopic (exact) mass is 246 g/mol. The fraction of sp³-hybridized carbons (Fsp3) is 0.600. The highest BCUT2D eigenvalue weighted by Crippen LogP contribution is 2.34. The molecule has 3 heteroatoms. The number of ether oxygens (including phenoxy) is 1. The molecule has 0 saturated heterocycles. The van der Waals surface area contributed by atoms with Gasteiger partial charge in [-0.05, 0) is 31.9 Å².